The first-order chi connectivity index (χ1) is 9.44. The highest BCUT2D eigenvalue weighted by molar-refractivity contribution is 8.00. The van der Waals surface area contributed by atoms with Crippen molar-refractivity contribution < 1.29 is 9.53 Å². The van der Waals surface area contributed by atoms with Crippen LogP contribution in [-0.2, 0) is 16.1 Å². The standard InChI is InChI=1S/C16H23NO2S/c1-16(2,3)19-15(18)14-12-17(9-10-20-14)11-13-7-5-4-6-8-13/h4-8,14H,9-12H2,1-3H3/t14-/m1/s1. The van der Waals surface area contributed by atoms with E-state index in [0.29, 0.717) is 0 Å². The van der Waals surface area contributed by atoms with Crippen molar-refractivity contribution in [2.24, 2.45) is 0 Å². The molecular formula is C16H23NO2S. The maximum absolute atomic E-state index is 12.1. The maximum Gasteiger partial charge on any atom is 0.320 e. The van der Waals surface area contributed by atoms with Crippen molar-refractivity contribution in [1.82, 2.24) is 4.90 Å². The second-order valence-electron chi connectivity index (χ2n) is 6.11. The molecule has 1 fully saturated rings. The molecule has 0 aliphatic carbocycles. The second-order valence-corrected chi connectivity index (χ2v) is 7.42. The van der Waals surface area contributed by atoms with Gasteiger partial charge in [-0.15, -0.1) is 11.8 Å². The number of benzene rings is 1. The summed E-state index contributed by atoms with van der Waals surface area (Å²) < 4.78 is 5.49. The Kier molecular flexibility index (Phi) is 5.11. The van der Waals surface area contributed by atoms with Crippen LogP contribution in [0.25, 0.3) is 0 Å². The van der Waals surface area contributed by atoms with Crippen LogP contribution in [0.15, 0.2) is 30.3 Å². The van der Waals surface area contributed by atoms with Gasteiger partial charge in [0.15, 0.2) is 0 Å². The molecule has 1 saturated heterocycles. The Hall–Kier alpha value is -1.00. The molecule has 4 heteroatoms. The van der Waals surface area contributed by atoms with Crippen molar-refractivity contribution in [3.8, 4) is 0 Å². The summed E-state index contributed by atoms with van der Waals surface area (Å²) in [6.45, 7) is 8.45. The molecule has 0 bridgehead atoms. The highest BCUT2D eigenvalue weighted by atomic mass is 32.2. The van der Waals surface area contributed by atoms with Gasteiger partial charge in [0.2, 0.25) is 0 Å². The first-order valence-electron chi connectivity index (χ1n) is 7.05. The molecule has 1 atom stereocenters. The number of hydrogen-bond acceptors (Lipinski definition) is 4. The molecule has 1 heterocycles. The topological polar surface area (TPSA) is 29.5 Å². The van der Waals surface area contributed by atoms with Crippen LogP contribution in [0.2, 0.25) is 0 Å². The van der Waals surface area contributed by atoms with E-state index in [4.69, 9.17) is 4.74 Å². The normalized spacial score (nSPS) is 20.6. The van der Waals surface area contributed by atoms with Crippen molar-refractivity contribution in [1.29, 1.82) is 0 Å². The van der Waals surface area contributed by atoms with Crippen molar-refractivity contribution >= 4 is 17.7 Å². The summed E-state index contributed by atoms with van der Waals surface area (Å²) in [4.78, 5) is 14.5. The molecule has 0 saturated carbocycles. The molecular weight excluding hydrogens is 270 g/mol. The summed E-state index contributed by atoms with van der Waals surface area (Å²) in [5.41, 5.74) is 0.890. The predicted molar refractivity (Wildman–Crippen MR) is 83.8 cm³/mol. The second kappa shape index (κ2) is 6.64. The average Bonchev–Trinajstić information content (AvgIpc) is 2.38. The number of nitrogens with zero attached hydrogens (tertiary/aromatic N) is 1. The van der Waals surface area contributed by atoms with E-state index in [-0.39, 0.29) is 11.2 Å². The smallest absolute Gasteiger partial charge is 0.320 e. The average molecular weight is 293 g/mol. The van der Waals surface area contributed by atoms with Gasteiger partial charge in [-0.25, -0.2) is 0 Å². The molecule has 1 aliphatic rings. The zero-order valence-electron chi connectivity index (χ0n) is 12.5. The van der Waals surface area contributed by atoms with E-state index in [1.54, 1.807) is 11.8 Å². The number of hydrogen-bond donors (Lipinski definition) is 0. The Bertz CT molecular complexity index is 442. The van der Waals surface area contributed by atoms with Gasteiger partial charge in [-0.1, -0.05) is 30.3 Å². The third-order valence-corrected chi connectivity index (χ3v) is 4.23. The van der Waals surface area contributed by atoms with Crippen LogP contribution in [0.1, 0.15) is 26.3 Å². The summed E-state index contributed by atoms with van der Waals surface area (Å²) >= 11 is 1.71. The summed E-state index contributed by atoms with van der Waals surface area (Å²) in [6.07, 6.45) is 0. The molecule has 0 unspecified atom stereocenters. The Morgan fingerprint density at radius 2 is 2.05 bits per heavy atom. The van der Waals surface area contributed by atoms with Gasteiger partial charge in [-0.2, -0.15) is 0 Å². The van der Waals surface area contributed by atoms with Crippen LogP contribution in [0, 0.1) is 0 Å². The van der Waals surface area contributed by atoms with Crippen molar-refractivity contribution in [2.45, 2.75) is 38.2 Å². The lowest BCUT2D eigenvalue weighted by molar-refractivity contribution is -0.154. The zero-order valence-corrected chi connectivity index (χ0v) is 13.3. The third-order valence-electron chi connectivity index (χ3n) is 3.07. The number of carbonyl (C=O) groups is 1. The maximum atomic E-state index is 12.1. The van der Waals surface area contributed by atoms with Gasteiger partial charge in [-0.05, 0) is 26.3 Å². The number of ether oxygens (including phenoxy) is 1. The zero-order chi connectivity index (χ0) is 14.6. The Morgan fingerprint density at radius 3 is 2.70 bits per heavy atom. The van der Waals surface area contributed by atoms with E-state index >= 15 is 0 Å². The molecule has 0 aromatic heterocycles. The fourth-order valence-corrected chi connectivity index (χ4v) is 3.35. The van der Waals surface area contributed by atoms with Crippen molar-refractivity contribution in [2.75, 3.05) is 18.8 Å². The molecule has 3 nitrogen and oxygen atoms in total. The van der Waals surface area contributed by atoms with Gasteiger partial charge >= 0.3 is 5.97 Å². The van der Waals surface area contributed by atoms with Crippen molar-refractivity contribution in [3.05, 3.63) is 35.9 Å². The van der Waals surface area contributed by atoms with Crippen LogP contribution >= 0.6 is 11.8 Å². The van der Waals surface area contributed by atoms with Gasteiger partial charge in [0.05, 0.1) is 0 Å². The molecule has 2 rings (SSSR count). The van der Waals surface area contributed by atoms with E-state index in [2.05, 4.69) is 29.2 Å². The minimum absolute atomic E-state index is 0.0633. The lowest BCUT2D eigenvalue weighted by atomic mass is 10.2. The number of rotatable bonds is 3. The molecule has 20 heavy (non-hydrogen) atoms. The summed E-state index contributed by atoms with van der Waals surface area (Å²) in [6, 6.07) is 10.4. The fraction of sp³-hybridized carbons (Fsp3) is 0.562. The first-order valence-corrected chi connectivity index (χ1v) is 8.10. The van der Waals surface area contributed by atoms with Crippen LogP contribution in [-0.4, -0.2) is 40.6 Å². The molecule has 1 aliphatic heterocycles. The molecule has 0 amide bonds. The highest BCUT2D eigenvalue weighted by Crippen LogP contribution is 2.23. The Morgan fingerprint density at radius 1 is 1.35 bits per heavy atom. The molecule has 0 radical (unpaired) electrons. The Balaban J connectivity index is 1.90. The van der Waals surface area contributed by atoms with E-state index in [1.807, 2.05) is 26.8 Å². The summed E-state index contributed by atoms with van der Waals surface area (Å²) in [5.74, 6) is 0.900. The lowest BCUT2D eigenvalue weighted by Gasteiger charge is -2.32. The van der Waals surface area contributed by atoms with Gasteiger partial charge in [-0.3, -0.25) is 9.69 Å². The third kappa shape index (κ3) is 4.84. The molecule has 0 spiro atoms. The van der Waals surface area contributed by atoms with Gasteiger partial charge < -0.3 is 4.74 Å². The number of thioether (sulfide) groups is 1. The van der Waals surface area contributed by atoms with E-state index in [1.165, 1.54) is 5.56 Å². The van der Waals surface area contributed by atoms with E-state index in [9.17, 15) is 4.79 Å². The molecule has 1 aromatic carbocycles. The molecule has 1 aromatic rings. The van der Waals surface area contributed by atoms with Crippen LogP contribution in [0.3, 0.4) is 0 Å². The quantitative estimate of drug-likeness (QED) is 0.801. The minimum atomic E-state index is -0.403. The predicted octanol–water partition coefficient (Wildman–Crippen LogP) is 2.95. The Labute approximate surface area is 125 Å². The van der Waals surface area contributed by atoms with Crippen molar-refractivity contribution in [3.63, 3.8) is 0 Å². The van der Waals surface area contributed by atoms with Gasteiger partial charge in [0.25, 0.3) is 0 Å². The monoisotopic (exact) mass is 293 g/mol. The summed E-state index contributed by atoms with van der Waals surface area (Å²) in [7, 11) is 0. The first kappa shape index (κ1) is 15.4. The van der Waals surface area contributed by atoms with Gasteiger partial charge in [0.1, 0.15) is 10.9 Å². The highest BCUT2D eigenvalue weighted by Gasteiger charge is 2.30. The van der Waals surface area contributed by atoms with E-state index < -0.39 is 5.60 Å². The number of esters is 1. The largest absolute Gasteiger partial charge is 0.459 e. The number of carbonyl (C=O) groups excluding carboxylic acids is 1. The SMILES string of the molecule is CC(C)(C)OC(=O)[C@H]1CN(Cc2ccccc2)CCS1. The molecule has 110 valence electrons. The molecule has 0 N–H and O–H groups in total. The summed E-state index contributed by atoms with van der Waals surface area (Å²) in [5, 5.41) is -0.0633. The minimum Gasteiger partial charge on any atom is -0.459 e. The fourth-order valence-electron chi connectivity index (χ4n) is 2.20. The van der Waals surface area contributed by atoms with Crippen LogP contribution in [0.4, 0.5) is 0 Å². The van der Waals surface area contributed by atoms with Crippen LogP contribution < -0.4 is 0 Å². The lowest BCUT2D eigenvalue weighted by Crippen LogP contribution is -2.43. The van der Waals surface area contributed by atoms with E-state index in [0.717, 1.165) is 25.4 Å². The van der Waals surface area contributed by atoms with Gasteiger partial charge in [0, 0.05) is 25.4 Å². The van der Waals surface area contributed by atoms with Crippen LogP contribution in [0.5, 0.6) is 0 Å².